The molecule has 0 atom stereocenters. The van der Waals surface area contributed by atoms with Crippen molar-refractivity contribution in [2.45, 2.75) is 19.8 Å². The molecular weight excluding hydrogens is 262 g/mol. The second kappa shape index (κ2) is 5.08. The number of carbonyl (C=O) groups excluding carboxylic acids is 1. The summed E-state index contributed by atoms with van der Waals surface area (Å²) in [4.78, 5) is 30.4. The van der Waals surface area contributed by atoms with E-state index in [0.29, 0.717) is 5.82 Å². The number of aromatic carboxylic acids is 1. The molecule has 1 amide bonds. The first kappa shape index (κ1) is 13.7. The number of hydrogen-bond acceptors (Lipinski definition) is 5. The van der Waals surface area contributed by atoms with Crippen LogP contribution in [0.25, 0.3) is 5.69 Å². The van der Waals surface area contributed by atoms with Gasteiger partial charge in [-0.3, -0.25) is 4.79 Å². The summed E-state index contributed by atoms with van der Waals surface area (Å²) in [6, 6.07) is 0. The van der Waals surface area contributed by atoms with Crippen LogP contribution in [0.5, 0.6) is 0 Å². The minimum absolute atomic E-state index is 0.000881. The van der Waals surface area contributed by atoms with Crippen LogP contribution in [0.4, 0.5) is 0 Å². The summed E-state index contributed by atoms with van der Waals surface area (Å²) in [7, 11) is 0. The maximum Gasteiger partial charge on any atom is 0.356 e. The van der Waals surface area contributed by atoms with Crippen molar-refractivity contribution in [1.82, 2.24) is 19.7 Å². The minimum atomic E-state index is -1.19. The largest absolute Gasteiger partial charge is 0.476 e. The first-order chi connectivity index (χ1) is 9.40. The van der Waals surface area contributed by atoms with Crippen molar-refractivity contribution in [3.05, 3.63) is 35.7 Å². The van der Waals surface area contributed by atoms with Gasteiger partial charge >= 0.3 is 5.97 Å². The first-order valence-corrected chi connectivity index (χ1v) is 5.85. The number of carboxylic acid groups (broad SMARTS) is 1. The standard InChI is InChI=1S/C12H13N5O3/c1-6(2)11-14-4-8(9(16-11)12(19)20)17-5-7(3-15-17)10(13)18/h3-6H,1-2H3,(H2,13,18)(H,19,20). The summed E-state index contributed by atoms with van der Waals surface area (Å²) < 4.78 is 1.22. The predicted octanol–water partition coefficient (Wildman–Crippen LogP) is 0.583. The van der Waals surface area contributed by atoms with Crippen molar-refractivity contribution < 1.29 is 14.7 Å². The molecule has 2 heterocycles. The maximum absolute atomic E-state index is 11.3. The number of nitrogens with two attached hydrogens (primary N) is 1. The van der Waals surface area contributed by atoms with Gasteiger partial charge in [-0.2, -0.15) is 5.10 Å². The van der Waals surface area contributed by atoms with Crippen LogP contribution in [-0.2, 0) is 0 Å². The number of carboxylic acids is 1. The Kier molecular flexibility index (Phi) is 3.47. The third-order valence-electron chi connectivity index (χ3n) is 2.62. The smallest absolute Gasteiger partial charge is 0.356 e. The summed E-state index contributed by atoms with van der Waals surface area (Å²) in [6.07, 6.45) is 3.95. The molecule has 0 aliphatic heterocycles. The highest BCUT2D eigenvalue weighted by Gasteiger charge is 2.18. The zero-order valence-corrected chi connectivity index (χ0v) is 10.9. The van der Waals surface area contributed by atoms with Gasteiger partial charge in [0.05, 0.1) is 18.0 Å². The molecular formula is C12H13N5O3. The Morgan fingerprint density at radius 2 is 2.05 bits per heavy atom. The van der Waals surface area contributed by atoms with Gasteiger partial charge in [-0.1, -0.05) is 13.8 Å². The molecule has 2 rings (SSSR count). The van der Waals surface area contributed by atoms with E-state index >= 15 is 0 Å². The zero-order valence-electron chi connectivity index (χ0n) is 10.9. The van der Waals surface area contributed by atoms with Crippen LogP contribution in [0.2, 0.25) is 0 Å². The van der Waals surface area contributed by atoms with E-state index in [4.69, 9.17) is 5.73 Å². The van der Waals surface area contributed by atoms with E-state index in [1.165, 1.54) is 23.3 Å². The molecule has 0 aliphatic rings. The van der Waals surface area contributed by atoms with Crippen LogP contribution in [0, 0.1) is 0 Å². The van der Waals surface area contributed by atoms with Gasteiger partial charge in [-0.05, 0) is 0 Å². The third-order valence-corrected chi connectivity index (χ3v) is 2.62. The van der Waals surface area contributed by atoms with Gasteiger partial charge in [0.25, 0.3) is 5.91 Å². The lowest BCUT2D eigenvalue weighted by molar-refractivity contribution is 0.0689. The Bertz CT molecular complexity index is 677. The normalized spacial score (nSPS) is 10.8. The van der Waals surface area contributed by atoms with Crippen LogP contribution in [0.3, 0.4) is 0 Å². The lowest BCUT2D eigenvalue weighted by atomic mass is 10.2. The lowest BCUT2D eigenvalue weighted by Gasteiger charge is -2.08. The first-order valence-electron chi connectivity index (χ1n) is 5.85. The predicted molar refractivity (Wildman–Crippen MR) is 68.7 cm³/mol. The van der Waals surface area contributed by atoms with Crippen molar-refractivity contribution in [2.24, 2.45) is 5.73 Å². The second-order valence-electron chi connectivity index (χ2n) is 4.46. The molecule has 0 aliphatic carbocycles. The molecule has 104 valence electrons. The topological polar surface area (TPSA) is 124 Å². The van der Waals surface area contributed by atoms with E-state index in [9.17, 15) is 14.7 Å². The fourth-order valence-corrected chi connectivity index (χ4v) is 1.57. The summed E-state index contributed by atoms with van der Waals surface area (Å²) in [6.45, 7) is 3.72. The number of carbonyl (C=O) groups is 2. The van der Waals surface area contributed by atoms with Crippen LogP contribution in [0.1, 0.15) is 46.4 Å². The monoisotopic (exact) mass is 275 g/mol. The molecule has 0 fully saturated rings. The van der Waals surface area contributed by atoms with Gasteiger partial charge in [-0.15, -0.1) is 0 Å². The highest BCUT2D eigenvalue weighted by molar-refractivity contribution is 5.92. The Morgan fingerprint density at radius 3 is 2.55 bits per heavy atom. The molecule has 0 saturated carbocycles. The van der Waals surface area contributed by atoms with E-state index < -0.39 is 11.9 Å². The number of nitrogens with zero attached hydrogens (tertiary/aromatic N) is 4. The minimum Gasteiger partial charge on any atom is -0.476 e. The van der Waals surface area contributed by atoms with Crippen LogP contribution >= 0.6 is 0 Å². The van der Waals surface area contributed by atoms with Crippen molar-refractivity contribution >= 4 is 11.9 Å². The molecule has 2 aromatic heterocycles. The molecule has 20 heavy (non-hydrogen) atoms. The average molecular weight is 275 g/mol. The Balaban J connectivity index is 2.54. The molecule has 0 radical (unpaired) electrons. The molecule has 0 saturated heterocycles. The lowest BCUT2D eigenvalue weighted by Crippen LogP contribution is -2.13. The van der Waals surface area contributed by atoms with E-state index in [1.807, 2.05) is 13.8 Å². The van der Waals surface area contributed by atoms with Crippen LogP contribution in [-0.4, -0.2) is 36.7 Å². The van der Waals surface area contributed by atoms with Crippen molar-refractivity contribution in [3.63, 3.8) is 0 Å². The molecule has 0 bridgehead atoms. The summed E-state index contributed by atoms with van der Waals surface area (Å²) in [5.41, 5.74) is 5.30. The fraction of sp³-hybridized carbons (Fsp3) is 0.250. The number of hydrogen-bond donors (Lipinski definition) is 2. The molecule has 8 nitrogen and oxygen atoms in total. The number of rotatable bonds is 4. The van der Waals surface area contributed by atoms with Crippen molar-refractivity contribution in [3.8, 4) is 5.69 Å². The van der Waals surface area contributed by atoms with Gasteiger partial charge in [0, 0.05) is 12.1 Å². The van der Waals surface area contributed by atoms with Gasteiger partial charge in [0.1, 0.15) is 11.5 Å². The van der Waals surface area contributed by atoms with E-state index in [-0.39, 0.29) is 22.9 Å². The molecule has 0 aromatic carbocycles. The van der Waals surface area contributed by atoms with Crippen LogP contribution < -0.4 is 5.73 Å². The van der Waals surface area contributed by atoms with Crippen molar-refractivity contribution in [2.75, 3.05) is 0 Å². The number of amides is 1. The molecule has 2 aromatic rings. The van der Waals surface area contributed by atoms with E-state index in [0.717, 1.165) is 0 Å². The van der Waals surface area contributed by atoms with Crippen molar-refractivity contribution in [1.29, 1.82) is 0 Å². The average Bonchev–Trinajstić information content (AvgIpc) is 2.87. The highest BCUT2D eigenvalue weighted by atomic mass is 16.4. The Hall–Kier alpha value is -2.77. The molecule has 8 heteroatoms. The zero-order chi connectivity index (χ0) is 14.9. The summed E-state index contributed by atoms with van der Waals surface area (Å²) in [5, 5.41) is 13.1. The van der Waals surface area contributed by atoms with Gasteiger partial charge in [0.15, 0.2) is 5.69 Å². The Labute approximate surface area is 114 Å². The van der Waals surface area contributed by atoms with Gasteiger partial charge in [-0.25, -0.2) is 19.4 Å². The molecule has 3 N–H and O–H groups in total. The number of aromatic nitrogens is 4. The summed E-state index contributed by atoms with van der Waals surface area (Å²) >= 11 is 0. The van der Waals surface area contributed by atoms with Crippen LogP contribution in [0.15, 0.2) is 18.6 Å². The second-order valence-corrected chi connectivity index (χ2v) is 4.46. The van der Waals surface area contributed by atoms with E-state index in [1.54, 1.807) is 0 Å². The maximum atomic E-state index is 11.3. The summed E-state index contributed by atoms with van der Waals surface area (Å²) in [5.74, 6) is -1.41. The van der Waals surface area contributed by atoms with E-state index in [2.05, 4.69) is 15.1 Å². The van der Waals surface area contributed by atoms with Gasteiger partial charge in [0.2, 0.25) is 0 Å². The third kappa shape index (κ3) is 2.48. The molecule has 0 spiro atoms. The Morgan fingerprint density at radius 1 is 1.35 bits per heavy atom. The highest BCUT2D eigenvalue weighted by Crippen LogP contribution is 2.16. The van der Waals surface area contributed by atoms with Gasteiger partial charge < -0.3 is 10.8 Å². The SMILES string of the molecule is CC(C)c1ncc(-n2cc(C(N)=O)cn2)c(C(=O)O)n1. The number of primary amides is 1. The fourth-order valence-electron chi connectivity index (χ4n) is 1.57. The quantitative estimate of drug-likeness (QED) is 0.841. The molecule has 0 unspecified atom stereocenters.